The average molecular weight is 221 g/mol. The summed E-state index contributed by atoms with van der Waals surface area (Å²) in [5, 5.41) is 18.5. The summed E-state index contributed by atoms with van der Waals surface area (Å²) in [7, 11) is 0. The van der Waals surface area contributed by atoms with Crippen molar-refractivity contribution in [2.45, 2.75) is 17.9 Å². The maximum absolute atomic E-state index is 10.1. The van der Waals surface area contributed by atoms with Gasteiger partial charge in [-0.1, -0.05) is 5.21 Å². The molecule has 13 heavy (non-hydrogen) atoms. The summed E-state index contributed by atoms with van der Waals surface area (Å²) in [4.78, 5) is 10.1. The second kappa shape index (κ2) is 8.28. The van der Waals surface area contributed by atoms with Crippen molar-refractivity contribution in [2.75, 3.05) is 0 Å². The number of carbonyl (C=O) groups is 1. The molecular weight excluding hydrogens is 212 g/mol. The average Bonchev–Trinajstić information content (AvgIpc) is 2.31. The summed E-state index contributed by atoms with van der Waals surface area (Å²) in [6, 6.07) is 0. The fraction of sp³-hybridized carbons (Fsp3) is 0.400. The fourth-order valence-electron chi connectivity index (χ4n) is 0.638. The number of hydrogen-bond acceptors (Lipinski definition) is 4. The molecule has 0 aromatic carbocycles. The van der Waals surface area contributed by atoms with E-state index in [0.29, 0.717) is 17.1 Å². The minimum absolute atomic E-state index is 0. The predicted molar refractivity (Wildman–Crippen MR) is 53.9 cm³/mol. The van der Waals surface area contributed by atoms with Crippen molar-refractivity contribution < 1.29 is 9.90 Å². The number of carboxylic acids is 1. The van der Waals surface area contributed by atoms with Crippen LogP contribution in [0.15, 0.2) is 5.03 Å². The molecule has 0 aliphatic heterocycles. The monoisotopic (exact) mass is 221 g/mol. The standard InChI is InChI=1S/C5H7N3O2S.2Na.2H/c9-4(10)2-1-3-5(11)7-8-6-3;;;;/h1-2H2,(H,9,10)(H2,6,7,8,11);;;;. The number of carboxylic acid groups (broad SMARTS) is 1. The Morgan fingerprint density at radius 3 is 2.54 bits per heavy atom. The zero-order valence-electron chi connectivity index (χ0n) is 5.61. The summed E-state index contributed by atoms with van der Waals surface area (Å²) < 4.78 is 0. The van der Waals surface area contributed by atoms with E-state index in [1.54, 1.807) is 0 Å². The van der Waals surface area contributed by atoms with Crippen LogP contribution in [0, 0.1) is 0 Å². The third kappa shape index (κ3) is 6.11. The summed E-state index contributed by atoms with van der Waals surface area (Å²) in [5.41, 5.74) is 0.593. The molecule has 2 N–H and O–H groups in total. The van der Waals surface area contributed by atoms with Crippen LogP contribution in [0.2, 0.25) is 0 Å². The Hall–Kier alpha value is 0.960. The third-order valence-electron chi connectivity index (χ3n) is 1.18. The Morgan fingerprint density at radius 2 is 2.15 bits per heavy atom. The molecule has 1 heterocycles. The SMILES string of the molecule is O=C(O)CCc1nn[nH]c1S.[NaH].[NaH]. The summed E-state index contributed by atoms with van der Waals surface area (Å²) in [5.74, 6) is -0.847. The molecule has 0 bridgehead atoms. The Morgan fingerprint density at radius 1 is 1.54 bits per heavy atom. The minimum atomic E-state index is -0.847. The summed E-state index contributed by atoms with van der Waals surface area (Å²) in [6.07, 6.45) is 0.421. The first-order valence-electron chi connectivity index (χ1n) is 3.01. The number of aromatic amines is 1. The van der Waals surface area contributed by atoms with E-state index in [-0.39, 0.29) is 65.5 Å². The molecule has 5 nitrogen and oxygen atoms in total. The van der Waals surface area contributed by atoms with Crippen LogP contribution in [-0.2, 0) is 11.2 Å². The normalized spacial score (nSPS) is 8.38. The number of aryl methyl sites for hydroxylation is 1. The van der Waals surface area contributed by atoms with Crippen molar-refractivity contribution >= 4 is 77.7 Å². The van der Waals surface area contributed by atoms with Gasteiger partial charge in [-0.25, -0.2) is 0 Å². The van der Waals surface area contributed by atoms with Gasteiger partial charge in [0.15, 0.2) is 0 Å². The van der Waals surface area contributed by atoms with E-state index in [2.05, 4.69) is 28.0 Å². The van der Waals surface area contributed by atoms with E-state index >= 15 is 0 Å². The number of rotatable bonds is 3. The van der Waals surface area contributed by atoms with Gasteiger partial charge in [-0.3, -0.25) is 9.89 Å². The van der Waals surface area contributed by atoms with Crippen LogP contribution in [0.1, 0.15) is 12.1 Å². The summed E-state index contributed by atoms with van der Waals surface area (Å²) >= 11 is 3.98. The zero-order valence-corrected chi connectivity index (χ0v) is 6.51. The number of H-pyrrole nitrogens is 1. The van der Waals surface area contributed by atoms with E-state index in [1.165, 1.54) is 0 Å². The van der Waals surface area contributed by atoms with Gasteiger partial charge >= 0.3 is 65.1 Å². The second-order valence-corrected chi connectivity index (χ2v) is 2.45. The molecule has 64 valence electrons. The van der Waals surface area contributed by atoms with Gasteiger partial charge in [-0.2, -0.15) is 0 Å². The van der Waals surface area contributed by atoms with E-state index in [9.17, 15) is 4.79 Å². The molecule has 0 radical (unpaired) electrons. The van der Waals surface area contributed by atoms with Crippen LogP contribution in [-0.4, -0.2) is 85.6 Å². The van der Waals surface area contributed by atoms with Crippen LogP contribution >= 0.6 is 12.6 Å². The Kier molecular flexibility index (Phi) is 10.4. The summed E-state index contributed by atoms with van der Waals surface area (Å²) in [6.45, 7) is 0. The molecule has 1 aromatic rings. The van der Waals surface area contributed by atoms with Crippen LogP contribution in [0.3, 0.4) is 0 Å². The van der Waals surface area contributed by atoms with E-state index in [1.807, 2.05) is 0 Å². The maximum atomic E-state index is 10.1. The van der Waals surface area contributed by atoms with Gasteiger partial charge in [-0.05, 0) is 0 Å². The van der Waals surface area contributed by atoms with Crippen LogP contribution in [0.25, 0.3) is 0 Å². The van der Waals surface area contributed by atoms with Crippen molar-refractivity contribution in [1.82, 2.24) is 15.4 Å². The Labute approximate surface area is 125 Å². The number of nitrogens with one attached hydrogen (secondary N) is 1. The van der Waals surface area contributed by atoms with Crippen molar-refractivity contribution in [3.8, 4) is 0 Å². The van der Waals surface area contributed by atoms with Gasteiger partial charge in [0.05, 0.1) is 12.1 Å². The van der Waals surface area contributed by atoms with Gasteiger partial charge in [0, 0.05) is 6.42 Å². The first-order chi connectivity index (χ1) is 5.20. The molecule has 0 aliphatic carbocycles. The molecule has 0 spiro atoms. The van der Waals surface area contributed by atoms with E-state index in [4.69, 9.17) is 5.11 Å². The topological polar surface area (TPSA) is 78.9 Å². The molecule has 0 fully saturated rings. The molecule has 8 heteroatoms. The first-order valence-corrected chi connectivity index (χ1v) is 3.45. The molecule has 0 saturated heterocycles. The Bertz CT molecular complexity index is 268. The first kappa shape index (κ1) is 16.4. The van der Waals surface area contributed by atoms with Crippen molar-refractivity contribution in [1.29, 1.82) is 0 Å². The van der Waals surface area contributed by atoms with Crippen LogP contribution in [0.5, 0.6) is 0 Å². The zero-order chi connectivity index (χ0) is 8.27. The Balaban J connectivity index is 0. The molecule has 0 saturated carbocycles. The van der Waals surface area contributed by atoms with Gasteiger partial charge in [0.25, 0.3) is 0 Å². The number of hydrogen-bond donors (Lipinski definition) is 3. The molecular formula is C5H9N3Na2O2S. The predicted octanol–water partition coefficient (Wildman–Crippen LogP) is -1.19. The van der Waals surface area contributed by atoms with Gasteiger partial charge in [0.2, 0.25) is 0 Å². The molecule has 1 rings (SSSR count). The quantitative estimate of drug-likeness (QED) is 0.443. The number of nitrogens with zero attached hydrogens (tertiary/aromatic N) is 2. The van der Waals surface area contributed by atoms with Gasteiger partial charge in [-0.15, -0.1) is 17.7 Å². The second-order valence-electron chi connectivity index (χ2n) is 2.00. The van der Waals surface area contributed by atoms with Crippen LogP contribution < -0.4 is 0 Å². The number of aliphatic carboxylic acids is 1. The molecule has 0 amide bonds. The molecule has 0 aliphatic rings. The molecule has 1 aromatic heterocycles. The number of thiol groups is 1. The van der Waals surface area contributed by atoms with E-state index < -0.39 is 5.97 Å². The van der Waals surface area contributed by atoms with E-state index in [0.717, 1.165) is 0 Å². The number of aromatic nitrogens is 3. The van der Waals surface area contributed by atoms with Gasteiger partial charge in [0.1, 0.15) is 5.03 Å². The molecule has 0 unspecified atom stereocenters. The van der Waals surface area contributed by atoms with Crippen molar-refractivity contribution in [2.24, 2.45) is 0 Å². The van der Waals surface area contributed by atoms with Crippen molar-refractivity contribution in [3.05, 3.63) is 5.69 Å². The fourth-order valence-corrected chi connectivity index (χ4v) is 0.840. The molecule has 0 atom stereocenters. The van der Waals surface area contributed by atoms with Crippen LogP contribution in [0.4, 0.5) is 0 Å². The van der Waals surface area contributed by atoms with Gasteiger partial charge < -0.3 is 5.11 Å². The van der Waals surface area contributed by atoms with Crippen molar-refractivity contribution in [3.63, 3.8) is 0 Å². The third-order valence-corrected chi connectivity index (χ3v) is 1.53.